The Hall–Kier alpha value is -1.68. The van der Waals surface area contributed by atoms with Crippen LogP contribution in [-0.2, 0) is 6.42 Å². The van der Waals surface area contributed by atoms with E-state index >= 15 is 0 Å². The van der Waals surface area contributed by atoms with Crippen molar-refractivity contribution in [1.29, 1.82) is 0 Å². The lowest BCUT2D eigenvalue weighted by Crippen LogP contribution is -2.08. The van der Waals surface area contributed by atoms with Crippen molar-refractivity contribution in [1.82, 2.24) is 9.55 Å². The van der Waals surface area contributed by atoms with E-state index in [-0.39, 0.29) is 5.82 Å². The molecule has 0 saturated carbocycles. The van der Waals surface area contributed by atoms with Crippen LogP contribution in [0.1, 0.15) is 5.82 Å². The Morgan fingerprint density at radius 2 is 2.27 bits per heavy atom. The zero-order chi connectivity index (χ0) is 10.7. The maximum Gasteiger partial charge on any atom is 0.125 e. The van der Waals surface area contributed by atoms with Crippen LogP contribution in [0.3, 0.4) is 0 Å². The van der Waals surface area contributed by atoms with Crippen molar-refractivity contribution in [2.45, 2.75) is 6.42 Å². The predicted octanol–water partition coefficient (Wildman–Crippen LogP) is 1.51. The van der Waals surface area contributed by atoms with E-state index in [0.717, 1.165) is 11.5 Å². The molecule has 0 aliphatic carbocycles. The van der Waals surface area contributed by atoms with Crippen molar-refractivity contribution in [2.75, 3.05) is 6.54 Å². The minimum Gasteiger partial charge on any atom is -0.330 e. The molecule has 4 heteroatoms. The van der Waals surface area contributed by atoms with Gasteiger partial charge in [-0.05, 0) is 24.7 Å². The monoisotopic (exact) mass is 205 g/mol. The number of halogens is 1. The molecule has 0 radical (unpaired) electrons. The van der Waals surface area contributed by atoms with Gasteiger partial charge in [0.15, 0.2) is 0 Å². The van der Waals surface area contributed by atoms with Gasteiger partial charge in [-0.3, -0.25) is 0 Å². The molecule has 15 heavy (non-hydrogen) atoms. The summed E-state index contributed by atoms with van der Waals surface area (Å²) in [6.07, 6.45) is 4.18. The number of imidazole rings is 1. The fourth-order valence-corrected chi connectivity index (χ4v) is 1.51. The third kappa shape index (κ3) is 2.05. The van der Waals surface area contributed by atoms with Crippen LogP contribution in [0.15, 0.2) is 36.7 Å². The summed E-state index contributed by atoms with van der Waals surface area (Å²) in [6.45, 7) is 0.534. The maximum atomic E-state index is 13.0. The van der Waals surface area contributed by atoms with Gasteiger partial charge in [0.1, 0.15) is 11.6 Å². The Labute approximate surface area is 87.4 Å². The molecule has 0 bridgehead atoms. The number of nitrogens with zero attached hydrogens (tertiary/aromatic N) is 2. The molecule has 0 fully saturated rings. The normalized spacial score (nSPS) is 10.5. The Balaban J connectivity index is 2.40. The molecule has 2 N–H and O–H groups in total. The van der Waals surface area contributed by atoms with E-state index in [1.807, 2.05) is 10.6 Å². The quantitative estimate of drug-likeness (QED) is 0.825. The second-order valence-corrected chi connectivity index (χ2v) is 3.23. The van der Waals surface area contributed by atoms with E-state index < -0.39 is 0 Å². The Kier molecular flexibility index (Phi) is 2.78. The molecule has 0 atom stereocenters. The molecule has 0 aliphatic rings. The number of aromatic nitrogens is 2. The van der Waals surface area contributed by atoms with Crippen LogP contribution in [0, 0.1) is 5.82 Å². The van der Waals surface area contributed by atoms with Gasteiger partial charge in [0.25, 0.3) is 0 Å². The van der Waals surface area contributed by atoms with Crippen LogP contribution in [-0.4, -0.2) is 16.1 Å². The molecular formula is C11H12FN3. The summed E-state index contributed by atoms with van der Waals surface area (Å²) in [5.41, 5.74) is 6.24. The van der Waals surface area contributed by atoms with Gasteiger partial charge >= 0.3 is 0 Å². The maximum absolute atomic E-state index is 13.0. The first kappa shape index (κ1) is 9.86. The van der Waals surface area contributed by atoms with E-state index in [0.29, 0.717) is 13.0 Å². The first-order valence-corrected chi connectivity index (χ1v) is 4.79. The highest BCUT2D eigenvalue weighted by Gasteiger charge is 2.04. The number of nitrogens with two attached hydrogens (primary N) is 1. The van der Waals surface area contributed by atoms with Gasteiger partial charge in [-0.2, -0.15) is 0 Å². The third-order valence-corrected chi connectivity index (χ3v) is 2.17. The highest BCUT2D eigenvalue weighted by atomic mass is 19.1. The number of hydrogen-bond acceptors (Lipinski definition) is 2. The van der Waals surface area contributed by atoms with E-state index in [2.05, 4.69) is 4.98 Å². The fraction of sp³-hybridized carbons (Fsp3) is 0.182. The molecule has 1 aromatic heterocycles. The van der Waals surface area contributed by atoms with Gasteiger partial charge in [0, 0.05) is 24.5 Å². The van der Waals surface area contributed by atoms with E-state index in [9.17, 15) is 4.39 Å². The molecule has 0 aliphatic heterocycles. The lowest BCUT2D eigenvalue weighted by molar-refractivity contribution is 0.626. The average molecular weight is 205 g/mol. The van der Waals surface area contributed by atoms with Gasteiger partial charge in [0.2, 0.25) is 0 Å². The Bertz CT molecular complexity index is 451. The molecule has 3 nitrogen and oxygen atoms in total. The van der Waals surface area contributed by atoms with Gasteiger partial charge in [-0.1, -0.05) is 6.07 Å². The largest absolute Gasteiger partial charge is 0.330 e. The van der Waals surface area contributed by atoms with Crippen molar-refractivity contribution in [2.24, 2.45) is 5.73 Å². The summed E-state index contributed by atoms with van der Waals surface area (Å²) in [6, 6.07) is 6.41. The van der Waals surface area contributed by atoms with Crippen molar-refractivity contribution >= 4 is 0 Å². The standard InChI is InChI=1S/C11H12FN3/c12-9-2-1-3-10(8-9)15-7-6-14-11(15)4-5-13/h1-3,6-8H,4-5,13H2. The van der Waals surface area contributed by atoms with E-state index in [1.165, 1.54) is 12.1 Å². The summed E-state index contributed by atoms with van der Waals surface area (Å²) in [7, 11) is 0. The van der Waals surface area contributed by atoms with Crippen LogP contribution < -0.4 is 5.73 Å². The molecule has 0 saturated heterocycles. The van der Waals surface area contributed by atoms with Crippen LogP contribution in [0.4, 0.5) is 4.39 Å². The van der Waals surface area contributed by atoms with Crippen molar-refractivity contribution < 1.29 is 4.39 Å². The molecule has 0 unspecified atom stereocenters. The topological polar surface area (TPSA) is 43.8 Å². The Morgan fingerprint density at radius 1 is 1.40 bits per heavy atom. The minimum absolute atomic E-state index is 0.250. The predicted molar refractivity (Wildman–Crippen MR) is 56.3 cm³/mol. The number of hydrogen-bond donors (Lipinski definition) is 1. The van der Waals surface area contributed by atoms with Crippen molar-refractivity contribution in [3.63, 3.8) is 0 Å². The number of benzene rings is 1. The fourth-order valence-electron chi connectivity index (χ4n) is 1.51. The zero-order valence-corrected chi connectivity index (χ0v) is 8.23. The highest BCUT2D eigenvalue weighted by molar-refractivity contribution is 5.33. The second-order valence-electron chi connectivity index (χ2n) is 3.23. The van der Waals surface area contributed by atoms with E-state index in [4.69, 9.17) is 5.73 Å². The van der Waals surface area contributed by atoms with Crippen LogP contribution in [0.2, 0.25) is 0 Å². The number of rotatable bonds is 3. The first-order chi connectivity index (χ1) is 7.31. The molecule has 2 aromatic rings. The van der Waals surface area contributed by atoms with Crippen LogP contribution >= 0.6 is 0 Å². The summed E-state index contributed by atoms with van der Waals surface area (Å²) >= 11 is 0. The van der Waals surface area contributed by atoms with Gasteiger partial charge in [0.05, 0.1) is 0 Å². The van der Waals surface area contributed by atoms with Gasteiger partial charge < -0.3 is 10.3 Å². The summed E-state index contributed by atoms with van der Waals surface area (Å²) in [5.74, 6) is 0.600. The van der Waals surface area contributed by atoms with Gasteiger partial charge in [-0.15, -0.1) is 0 Å². The van der Waals surface area contributed by atoms with Crippen LogP contribution in [0.5, 0.6) is 0 Å². The van der Waals surface area contributed by atoms with Gasteiger partial charge in [-0.25, -0.2) is 9.37 Å². The summed E-state index contributed by atoms with van der Waals surface area (Å²) in [4.78, 5) is 4.17. The molecule has 0 spiro atoms. The highest BCUT2D eigenvalue weighted by Crippen LogP contribution is 2.12. The lowest BCUT2D eigenvalue weighted by Gasteiger charge is -2.06. The lowest BCUT2D eigenvalue weighted by atomic mass is 10.3. The van der Waals surface area contributed by atoms with E-state index in [1.54, 1.807) is 18.5 Å². The molecule has 1 heterocycles. The van der Waals surface area contributed by atoms with Crippen molar-refractivity contribution in [3.8, 4) is 5.69 Å². The average Bonchev–Trinajstić information content (AvgIpc) is 2.66. The molecule has 2 rings (SSSR count). The summed E-state index contributed by atoms with van der Waals surface area (Å²) < 4.78 is 14.9. The SMILES string of the molecule is NCCc1nccn1-c1cccc(F)c1. The minimum atomic E-state index is -0.250. The smallest absolute Gasteiger partial charge is 0.125 e. The summed E-state index contributed by atoms with van der Waals surface area (Å²) in [5, 5.41) is 0. The Morgan fingerprint density at radius 3 is 3.00 bits per heavy atom. The first-order valence-electron chi connectivity index (χ1n) is 4.79. The molecule has 1 aromatic carbocycles. The zero-order valence-electron chi connectivity index (χ0n) is 8.23. The second kappa shape index (κ2) is 4.23. The van der Waals surface area contributed by atoms with Crippen LogP contribution in [0.25, 0.3) is 5.69 Å². The molecular weight excluding hydrogens is 193 g/mol. The molecule has 0 amide bonds. The third-order valence-electron chi connectivity index (χ3n) is 2.17. The van der Waals surface area contributed by atoms with Crippen molar-refractivity contribution in [3.05, 3.63) is 48.3 Å². The molecule has 78 valence electrons.